The summed E-state index contributed by atoms with van der Waals surface area (Å²) in [6, 6.07) is 1.04. The van der Waals surface area contributed by atoms with Gasteiger partial charge in [-0.2, -0.15) is 18.2 Å². The summed E-state index contributed by atoms with van der Waals surface area (Å²) in [6.07, 6.45) is -2.26. The molecule has 0 saturated heterocycles. The fourth-order valence-corrected chi connectivity index (χ4v) is 1.89. The molecule has 0 atom stereocenters. The maximum absolute atomic E-state index is 12.7. The quantitative estimate of drug-likeness (QED) is 0.917. The van der Waals surface area contributed by atoms with Crippen LogP contribution in [0.1, 0.15) is 32.4 Å². The molecule has 106 valence electrons. The van der Waals surface area contributed by atoms with Crippen LogP contribution in [-0.2, 0) is 6.18 Å². The molecule has 4 nitrogen and oxygen atoms in total. The van der Waals surface area contributed by atoms with Crippen LogP contribution in [0.5, 0.6) is 0 Å². The molecule has 1 aliphatic rings. The van der Waals surface area contributed by atoms with Crippen molar-refractivity contribution in [2.24, 2.45) is 5.92 Å². The van der Waals surface area contributed by atoms with Gasteiger partial charge in [0.05, 0.1) is 0 Å². The zero-order valence-electron chi connectivity index (χ0n) is 10.9. The zero-order chi connectivity index (χ0) is 14.2. The van der Waals surface area contributed by atoms with E-state index in [1.807, 2.05) is 18.7 Å². The molecule has 0 unspecified atom stereocenters. The summed E-state index contributed by atoms with van der Waals surface area (Å²) in [4.78, 5) is 9.05. The van der Waals surface area contributed by atoms with Crippen molar-refractivity contribution in [2.45, 2.75) is 38.9 Å². The minimum absolute atomic E-state index is 0.0657. The van der Waals surface area contributed by atoms with Gasteiger partial charge in [0.2, 0.25) is 5.95 Å². The van der Waals surface area contributed by atoms with Crippen molar-refractivity contribution in [3.63, 3.8) is 0 Å². The summed E-state index contributed by atoms with van der Waals surface area (Å²) in [5.74, 6) is 0.459. The molecule has 0 aliphatic heterocycles. The van der Waals surface area contributed by atoms with Crippen molar-refractivity contribution in [1.29, 1.82) is 0 Å². The monoisotopic (exact) mass is 274 g/mol. The third kappa shape index (κ3) is 3.48. The van der Waals surface area contributed by atoms with E-state index in [-0.39, 0.29) is 17.8 Å². The Morgan fingerprint density at radius 2 is 2.00 bits per heavy atom. The molecular formula is C12H17F3N4. The van der Waals surface area contributed by atoms with Crippen LogP contribution < -0.4 is 10.6 Å². The van der Waals surface area contributed by atoms with Gasteiger partial charge in [-0.15, -0.1) is 0 Å². The van der Waals surface area contributed by atoms with E-state index in [0.717, 1.165) is 18.9 Å². The Balaban J connectivity index is 2.32. The maximum Gasteiger partial charge on any atom is 0.433 e. The van der Waals surface area contributed by atoms with Crippen LogP contribution in [0.4, 0.5) is 24.9 Å². The van der Waals surface area contributed by atoms with E-state index in [0.29, 0.717) is 12.5 Å². The summed E-state index contributed by atoms with van der Waals surface area (Å²) >= 11 is 0. The highest BCUT2D eigenvalue weighted by Crippen LogP contribution is 2.34. The molecule has 7 heteroatoms. The number of anilines is 2. The molecular weight excluding hydrogens is 257 g/mol. The molecule has 1 aliphatic carbocycles. The van der Waals surface area contributed by atoms with E-state index in [2.05, 4.69) is 9.97 Å². The Hall–Kier alpha value is -1.53. The molecule has 0 amide bonds. The number of rotatable bonds is 4. The predicted octanol–water partition coefficient (Wildman–Crippen LogP) is 2.70. The first-order chi connectivity index (χ1) is 8.77. The fourth-order valence-electron chi connectivity index (χ4n) is 1.89. The number of aromatic nitrogens is 2. The second kappa shape index (κ2) is 4.86. The number of alkyl halides is 3. The van der Waals surface area contributed by atoms with E-state index < -0.39 is 11.9 Å². The summed E-state index contributed by atoms with van der Waals surface area (Å²) in [7, 11) is 0. The van der Waals surface area contributed by atoms with Gasteiger partial charge in [0, 0.05) is 18.7 Å². The van der Waals surface area contributed by atoms with Crippen LogP contribution in [-0.4, -0.2) is 22.6 Å². The smallest absolute Gasteiger partial charge is 0.368 e. The predicted molar refractivity (Wildman–Crippen MR) is 66.7 cm³/mol. The molecule has 1 fully saturated rings. The second-order valence-electron chi connectivity index (χ2n) is 5.16. The van der Waals surface area contributed by atoms with E-state index in [1.165, 1.54) is 0 Å². The van der Waals surface area contributed by atoms with Crippen LogP contribution >= 0.6 is 0 Å². The number of nitrogens with two attached hydrogens (primary N) is 1. The van der Waals surface area contributed by atoms with Gasteiger partial charge in [0.1, 0.15) is 5.82 Å². The van der Waals surface area contributed by atoms with Crippen LogP contribution in [0.15, 0.2) is 6.07 Å². The van der Waals surface area contributed by atoms with E-state index in [1.54, 1.807) is 0 Å². The highest BCUT2D eigenvalue weighted by molar-refractivity contribution is 5.45. The van der Waals surface area contributed by atoms with Gasteiger partial charge >= 0.3 is 6.18 Å². The molecule has 19 heavy (non-hydrogen) atoms. The van der Waals surface area contributed by atoms with Crippen molar-refractivity contribution in [2.75, 3.05) is 17.2 Å². The molecule has 1 saturated carbocycles. The first-order valence-corrected chi connectivity index (χ1v) is 6.25. The first kappa shape index (κ1) is 13.9. The number of hydrogen-bond donors (Lipinski definition) is 1. The minimum Gasteiger partial charge on any atom is -0.368 e. The van der Waals surface area contributed by atoms with E-state index in [4.69, 9.17) is 5.73 Å². The third-order valence-electron chi connectivity index (χ3n) is 3.09. The summed E-state index contributed by atoms with van der Waals surface area (Å²) in [6.45, 7) is 4.56. The van der Waals surface area contributed by atoms with E-state index >= 15 is 0 Å². The van der Waals surface area contributed by atoms with Crippen molar-refractivity contribution in [1.82, 2.24) is 9.97 Å². The molecule has 0 radical (unpaired) electrons. The molecule has 2 N–H and O–H groups in total. The van der Waals surface area contributed by atoms with Crippen molar-refractivity contribution in [3.05, 3.63) is 11.8 Å². The Labute approximate surface area is 109 Å². The molecule has 1 heterocycles. The lowest BCUT2D eigenvalue weighted by atomic mass is 10.2. The number of halogens is 3. The Bertz CT molecular complexity index is 455. The SMILES string of the molecule is CC(C)N(CC1CC1)c1cc(C(F)(F)F)nc(N)n1. The molecule has 0 spiro atoms. The van der Waals surface area contributed by atoms with Crippen LogP contribution in [0.25, 0.3) is 0 Å². The highest BCUT2D eigenvalue weighted by atomic mass is 19.4. The topological polar surface area (TPSA) is 55.0 Å². The molecule has 2 rings (SSSR count). The lowest BCUT2D eigenvalue weighted by Gasteiger charge is -2.28. The number of nitrogen functional groups attached to an aromatic ring is 1. The Morgan fingerprint density at radius 3 is 2.47 bits per heavy atom. The van der Waals surface area contributed by atoms with Gasteiger partial charge in [0.15, 0.2) is 5.69 Å². The third-order valence-corrected chi connectivity index (χ3v) is 3.09. The summed E-state index contributed by atoms with van der Waals surface area (Å²) < 4.78 is 38.2. The Kier molecular flexibility index (Phi) is 3.56. The van der Waals surface area contributed by atoms with Crippen LogP contribution in [0.2, 0.25) is 0 Å². The highest BCUT2D eigenvalue weighted by Gasteiger charge is 2.35. The number of hydrogen-bond acceptors (Lipinski definition) is 4. The van der Waals surface area contributed by atoms with Gasteiger partial charge in [0.25, 0.3) is 0 Å². The van der Waals surface area contributed by atoms with Gasteiger partial charge in [-0.3, -0.25) is 0 Å². The lowest BCUT2D eigenvalue weighted by molar-refractivity contribution is -0.141. The largest absolute Gasteiger partial charge is 0.433 e. The average molecular weight is 274 g/mol. The molecule has 0 aromatic carbocycles. The molecule has 1 aromatic rings. The lowest BCUT2D eigenvalue weighted by Crippen LogP contribution is -2.34. The van der Waals surface area contributed by atoms with Crippen molar-refractivity contribution < 1.29 is 13.2 Å². The van der Waals surface area contributed by atoms with E-state index in [9.17, 15) is 13.2 Å². The first-order valence-electron chi connectivity index (χ1n) is 6.25. The average Bonchev–Trinajstić information content (AvgIpc) is 3.07. The second-order valence-corrected chi connectivity index (χ2v) is 5.16. The summed E-state index contributed by atoms with van der Waals surface area (Å²) in [5.41, 5.74) is 4.40. The van der Waals surface area contributed by atoms with Crippen LogP contribution in [0, 0.1) is 5.92 Å². The Morgan fingerprint density at radius 1 is 1.37 bits per heavy atom. The van der Waals surface area contributed by atoms with Crippen LogP contribution in [0.3, 0.4) is 0 Å². The minimum atomic E-state index is -4.51. The number of nitrogens with zero attached hydrogens (tertiary/aromatic N) is 3. The van der Waals surface area contributed by atoms with Crippen molar-refractivity contribution in [3.8, 4) is 0 Å². The molecule has 1 aromatic heterocycles. The summed E-state index contributed by atoms with van der Waals surface area (Å²) in [5, 5.41) is 0. The van der Waals surface area contributed by atoms with Gasteiger partial charge in [-0.1, -0.05) is 0 Å². The molecule has 0 bridgehead atoms. The van der Waals surface area contributed by atoms with Gasteiger partial charge in [-0.05, 0) is 32.6 Å². The zero-order valence-corrected chi connectivity index (χ0v) is 10.9. The maximum atomic E-state index is 12.7. The standard InChI is InChI=1S/C12H17F3N4/c1-7(2)19(6-8-3-4-8)10-5-9(12(13,14)15)17-11(16)18-10/h5,7-8H,3-4,6H2,1-2H3,(H2,16,17,18). The normalized spacial score (nSPS) is 15.9. The van der Waals surface area contributed by atoms with Gasteiger partial charge in [-0.25, -0.2) is 4.98 Å². The fraction of sp³-hybridized carbons (Fsp3) is 0.667. The van der Waals surface area contributed by atoms with Crippen molar-refractivity contribution >= 4 is 11.8 Å². The van der Waals surface area contributed by atoms with Gasteiger partial charge < -0.3 is 10.6 Å².